The molecule has 3 aromatic rings. The van der Waals surface area contributed by atoms with E-state index in [1.807, 2.05) is 25.3 Å². The van der Waals surface area contributed by atoms with E-state index in [0.717, 1.165) is 41.8 Å². The Kier molecular flexibility index (Phi) is 6.09. The van der Waals surface area contributed by atoms with Crippen LogP contribution in [0.3, 0.4) is 0 Å². The lowest BCUT2D eigenvalue weighted by Gasteiger charge is -2.41. The molecule has 6 nitrogen and oxygen atoms in total. The van der Waals surface area contributed by atoms with E-state index < -0.39 is 0 Å². The average Bonchev–Trinajstić information content (AvgIpc) is 2.84. The van der Waals surface area contributed by atoms with Gasteiger partial charge in [-0.1, -0.05) is 37.5 Å². The molecular formula is C25H31N5O. The van der Waals surface area contributed by atoms with Crippen LogP contribution in [0.1, 0.15) is 38.5 Å². The molecule has 2 atom stereocenters. The number of methoxy groups -OCH3 is 1. The van der Waals surface area contributed by atoms with Crippen molar-refractivity contribution in [3.8, 4) is 11.4 Å². The second kappa shape index (κ2) is 9.28. The van der Waals surface area contributed by atoms with E-state index in [2.05, 4.69) is 38.4 Å². The number of anilines is 1. The van der Waals surface area contributed by atoms with Crippen molar-refractivity contribution in [2.45, 2.75) is 56.7 Å². The molecule has 31 heavy (non-hydrogen) atoms. The molecule has 6 heteroatoms. The molecular weight excluding hydrogens is 386 g/mol. The average molecular weight is 418 g/mol. The Morgan fingerprint density at radius 3 is 2.61 bits per heavy atom. The van der Waals surface area contributed by atoms with Gasteiger partial charge in [0.2, 0.25) is 0 Å². The molecule has 0 radical (unpaired) electrons. The number of ether oxygens (including phenoxy) is 1. The van der Waals surface area contributed by atoms with Crippen molar-refractivity contribution in [1.29, 1.82) is 0 Å². The molecule has 1 N–H and O–H groups in total. The van der Waals surface area contributed by atoms with Crippen LogP contribution in [-0.2, 0) is 4.74 Å². The lowest BCUT2D eigenvalue weighted by molar-refractivity contribution is 0.0534. The van der Waals surface area contributed by atoms with Gasteiger partial charge in [0, 0.05) is 50.1 Å². The van der Waals surface area contributed by atoms with E-state index in [-0.39, 0.29) is 6.10 Å². The highest BCUT2D eigenvalue weighted by molar-refractivity contribution is 5.88. The van der Waals surface area contributed by atoms with Crippen LogP contribution in [-0.4, -0.2) is 53.3 Å². The van der Waals surface area contributed by atoms with Crippen molar-refractivity contribution in [3.05, 3.63) is 48.8 Å². The summed E-state index contributed by atoms with van der Waals surface area (Å²) in [6.07, 6.45) is 11.4. The quantitative estimate of drug-likeness (QED) is 0.671. The van der Waals surface area contributed by atoms with Gasteiger partial charge in [0.1, 0.15) is 5.82 Å². The molecule has 2 aliphatic rings. The topological polar surface area (TPSA) is 63.2 Å². The molecule has 0 spiro atoms. The fourth-order valence-electron chi connectivity index (χ4n) is 5.06. The number of nitrogens with one attached hydrogen (secondary N) is 1. The minimum Gasteiger partial charge on any atom is -0.378 e. The first-order valence-corrected chi connectivity index (χ1v) is 11.5. The summed E-state index contributed by atoms with van der Waals surface area (Å²) in [6, 6.07) is 13.3. The molecule has 0 bridgehead atoms. The van der Waals surface area contributed by atoms with E-state index >= 15 is 0 Å². The predicted molar refractivity (Wildman–Crippen MR) is 124 cm³/mol. The Morgan fingerprint density at radius 2 is 1.81 bits per heavy atom. The van der Waals surface area contributed by atoms with Gasteiger partial charge in [-0.2, -0.15) is 0 Å². The number of nitrogens with zero attached hydrogens (tertiary/aromatic N) is 4. The third-order valence-corrected chi connectivity index (χ3v) is 6.73. The highest BCUT2D eigenvalue weighted by Crippen LogP contribution is 2.32. The second-order valence-corrected chi connectivity index (χ2v) is 8.74. The Bertz CT molecular complexity index is 1010. The number of para-hydroxylation sites is 1. The zero-order chi connectivity index (χ0) is 21.0. The largest absolute Gasteiger partial charge is 0.378 e. The second-order valence-electron chi connectivity index (χ2n) is 8.74. The van der Waals surface area contributed by atoms with Crippen LogP contribution in [0.25, 0.3) is 22.3 Å². The molecule has 1 aliphatic carbocycles. The number of fused-ring (bicyclic) bond motifs is 1. The van der Waals surface area contributed by atoms with E-state index in [1.165, 1.54) is 32.1 Å². The molecule has 3 heterocycles. The molecule has 162 valence electrons. The molecule has 1 aromatic carbocycles. The van der Waals surface area contributed by atoms with Crippen molar-refractivity contribution >= 4 is 16.7 Å². The number of rotatable bonds is 5. The third-order valence-electron chi connectivity index (χ3n) is 6.73. The van der Waals surface area contributed by atoms with Gasteiger partial charge in [-0.3, -0.25) is 0 Å². The minimum atomic E-state index is 0.133. The van der Waals surface area contributed by atoms with Crippen LogP contribution in [0, 0.1) is 0 Å². The van der Waals surface area contributed by atoms with Crippen LogP contribution < -0.4 is 10.2 Å². The van der Waals surface area contributed by atoms with Crippen LogP contribution in [0.4, 0.5) is 5.82 Å². The number of piperidine rings is 1. The Labute approximate surface area is 184 Å². The van der Waals surface area contributed by atoms with Crippen molar-refractivity contribution in [1.82, 2.24) is 20.3 Å². The van der Waals surface area contributed by atoms with Gasteiger partial charge in [0.15, 0.2) is 5.82 Å². The molecule has 5 rings (SSSR count). The summed E-state index contributed by atoms with van der Waals surface area (Å²) in [4.78, 5) is 16.4. The van der Waals surface area contributed by atoms with Gasteiger partial charge < -0.3 is 15.0 Å². The summed E-state index contributed by atoms with van der Waals surface area (Å²) in [5.74, 6) is 1.66. The van der Waals surface area contributed by atoms with Crippen molar-refractivity contribution < 1.29 is 4.74 Å². The number of hydrogen-bond donors (Lipinski definition) is 1. The zero-order valence-electron chi connectivity index (χ0n) is 18.2. The van der Waals surface area contributed by atoms with Crippen LogP contribution in [0.15, 0.2) is 48.8 Å². The number of aromatic nitrogens is 3. The fourth-order valence-corrected chi connectivity index (χ4v) is 5.06. The zero-order valence-corrected chi connectivity index (χ0v) is 18.2. The van der Waals surface area contributed by atoms with E-state index in [0.29, 0.717) is 17.9 Å². The molecule has 1 saturated carbocycles. The highest BCUT2D eigenvalue weighted by Gasteiger charge is 2.33. The normalized spacial score (nSPS) is 22.7. The standard InChI is InChI=1S/C25H31N5O/c1-31-23-17-30(15-12-22(23)28-19-9-3-2-4-10-19)25-20(24-26-13-7-14-27-24)16-18-8-5-6-11-21(18)29-25/h5-8,11,13-14,16,19,22-23,28H,2-4,9-10,12,15,17H2,1H3. The van der Waals surface area contributed by atoms with Gasteiger partial charge in [-0.15, -0.1) is 0 Å². The first-order chi connectivity index (χ1) is 15.3. The SMILES string of the molecule is COC1CN(c2nc3ccccc3cc2-c2ncccn2)CCC1NC1CCCCC1. The lowest BCUT2D eigenvalue weighted by atomic mass is 9.92. The number of benzene rings is 1. The summed E-state index contributed by atoms with van der Waals surface area (Å²) in [5, 5.41) is 5.01. The fraction of sp³-hybridized carbons (Fsp3) is 0.480. The van der Waals surface area contributed by atoms with Crippen molar-refractivity contribution in [3.63, 3.8) is 0 Å². The lowest BCUT2D eigenvalue weighted by Crippen LogP contribution is -2.56. The van der Waals surface area contributed by atoms with Crippen LogP contribution in [0.5, 0.6) is 0 Å². The maximum absolute atomic E-state index is 5.97. The third kappa shape index (κ3) is 4.41. The summed E-state index contributed by atoms with van der Waals surface area (Å²) >= 11 is 0. The van der Waals surface area contributed by atoms with Crippen LogP contribution in [0.2, 0.25) is 0 Å². The van der Waals surface area contributed by atoms with E-state index in [1.54, 1.807) is 12.4 Å². The number of pyridine rings is 1. The smallest absolute Gasteiger partial charge is 0.162 e. The maximum Gasteiger partial charge on any atom is 0.162 e. The minimum absolute atomic E-state index is 0.133. The summed E-state index contributed by atoms with van der Waals surface area (Å²) in [6.45, 7) is 1.75. The molecule has 0 amide bonds. The summed E-state index contributed by atoms with van der Waals surface area (Å²) in [5.41, 5.74) is 1.97. The first kappa shape index (κ1) is 20.3. The van der Waals surface area contributed by atoms with E-state index in [4.69, 9.17) is 9.72 Å². The maximum atomic E-state index is 5.97. The highest BCUT2D eigenvalue weighted by atomic mass is 16.5. The molecule has 2 fully saturated rings. The molecule has 2 unspecified atom stereocenters. The van der Waals surface area contributed by atoms with Crippen molar-refractivity contribution in [2.75, 3.05) is 25.1 Å². The predicted octanol–water partition coefficient (Wildman–Crippen LogP) is 4.21. The van der Waals surface area contributed by atoms with Gasteiger partial charge in [0.05, 0.1) is 17.2 Å². The molecule has 1 saturated heterocycles. The molecule has 2 aromatic heterocycles. The first-order valence-electron chi connectivity index (χ1n) is 11.5. The Balaban J connectivity index is 1.43. The summed E-state index contributed by atoms with van der Waals surface area (Å²) in [7, 11) is 1.83. The van der Waals surface area contributed by atoms with Gasteiger partial charge >= 0.3 is 0 Å². The monoisotopic (exact) mass is 417 g/mol. The van der Waals surface area contributed by atoms with E-state index in [9.17, 15) is 0 Å². The van der Waals surface area contributed by atoms with Crippen molar-refractivity contribution in [2.24, 2.45) is 0 Å². The Hall–Kier alpha value is -2.57. The summed E-state index contributed by atoms with van der Waals surface area (Å²) < 4.78 is 5.97. The molecule has 1 aliphatic heterocycles. The van der Waals surface area contributed by atoms with Gasteiger partial charge in [0.25, 0.3) is 0 Å². The number of hydrogen-bond acceptors (Lipinski definition) is 6. The van der Waals surface area contributed by atoms with Gasteiger partial charge in [-0.25, -0.2) is 15.0 Å². The van der Waals surface area contributed by atoms with Crippen LogP contribution >= 0.6 is 0 Å². The van der Waals surface area contributed by atoms with Gasteiger partial charge in [-0.05, 0) is 37.5 Å². The Morgan fingerprint density at radius 1 is 1.00 bits per heavy atom.